The van der Waals surface area contributed by atoms with Crippen molar-refractivity contribution >= 4 is 33.4 Å². The Morgan fingerprint density at radius 2 is 1.60 bits per heavy atom. The minimum atomic E-state index is -5.08. The van der Waals surface area contributed by atoms with Crippen molar-refractivity contribution in [2.45, 2.75) is 38.4 Å². The van der Waals surface area contributed by atoms with Crippen molar-refractivity contribution in [2.24, 2.45) is 0 Å². The number of anilines is 2. The Morgan fingerprint density at radius 1 is 1.02 bits per heavy atom. The molecule has 2 heterocycles. The average Bonchev–Trinajstić information content (AvgIpc) is 2.91. The summed E-state index contributed by atoms with van der Waals surface area (Å²) in [5.74, 6) is -2.52. The maximum atomic E-state index is 13.3. The number of carboxylic acid groups (broad SMARTS) is 1. The highest BCUT2D eigenvalue weighted by atomic mass is 32.2. The number of sulfonamides is 1. The predicted octanol–water partition coefficient (Wildman–Crippen LogP) is 3.78. The molecule has 1 saturated heterocycles. The summed E-state index contributed by atoms with van der Waals surface area (Å²) in [6, 6.07) is 14.9. The summed E-state index contributed by atoms with van der Waals surface area (Å²) < 4.78 is 60.9. The maximum Gasteiger partial charge on any atom is 0.490 e. The van der Waals surface area contributed by atoms with Crippen LogP contribution in [0.1, 0.15) is 32.6 Å². The zero-order valence-corrected chi connectivity index (χ0v) is 24.1. The fourth-order valence-electron chi connectivity index (χ4n) is 4.48. The van der Waals surface area contributed by atoms with Gasteiger partial charge in [-0.05, 0) is 43.5 Å². The molecule has 1 aliphatic heterocycles. The van der Waals surface area contributed by atoms with Crippen LogP contribution in [0, 0.1) is 20.8 Å². The molecular formula is C28H32F3N5O5S. The van der Waals surface area contributed by atoms with Crippen molar-refractivity contribution in [3.63, 3.8) is 0 Å². The van der Waals surface area contributed by atoms with E-state index in [2.05, 4.69) is 20.3 Å². The summed E-state index contributed by atoms with van der Waals surface area (Å²) >= 11 is 0. The number of rotatable bonds is 7. The molecule has 14 heteroatoms. The number of aromatic nitrogens is 1. The van der Waals surface area contributed by atoms with Gasteiger partial charge in [-0.3, -0.25) is 9.52 Å². The third kappa shape index (κ3) is 8.66. The van der Waals surface area contributed by atoms with E-state index in [1.807, 2.05) is 54.3 Å². The average molecular weight is 608 g/mol. The fraction of sp³-hybridized carbons (Fsp3) is 0.321. The molecule has 1 aromatic heterocycles. The van der Waals surface area contributed by atoms with Gasteiger partial charge in [-0.15, -0.1) is 0 Å². The monoisotopic (exact) mass is 607 g/mol. The second-order valence-electron chi connectivity index (χ2n) is 9.64. The van der Waals surface area contributed by atoms with E-state index >= 15 is 0 Å². The van der Waals surface area contributed by atoms with Gasteiger partial charge in [0.15, 0.2) is 0 Å². The Morgan fingerprint density at radius 3 is 2.14 bits per heavy atom. The van der Waals surface area contributed by atoms with Crippen LogP contribution in [0.15, 0.2) is 59.6 Å². The highest BCUT2D eigenvalue weighted by molar-refractivity contribution is 7.92. The molecular weight excluding hydrogens is 575 g/mol. The Balaban J connectivity index is 0.000000616. The van der Waals surface area contributed by atoms with E-state index in [4.69, 9.17) is 9.90 Å². The van der Waals surface area contributed by atoms with Gasteiger partial charge in [-0.2, -0.15) is 13.2 Å². The molecule has 0 radical (unpaired) electrons. The van der Waals surface area contributed by atoms with Crippen molar-refractivity contribution in [1.29, 1.82) is 0 Å². The zero-order chi connectivity index (χ0) is 31.1. The van der Waals surface area contributed by atoms with E-state index < -0.39 is 22.2 Å². The Labute approximate surface area is 242 Å². The smallest absolute Gasteiger partial charge is 0.475 e. The number of nitrogens with one attached hydrogen (secondary N) is 3. The highest BCUT2D eigenvalue weighted by Gasteiger charge is 2.38. The molecule has 2 aromatic carbocycles. The summed E-state index contributed by atoms with van der Waals surface area (Å²) in [6.07, 6.45) is -3.61. The van der Waals surface area contributed by atoms with Crippen LogP contribution in [0.3, 0.4) is 0 Å². The van der Waals surface area contributed by atoms with Crippen molar-refractivity contribution in [1.82, 2.24) is 15.6 Å². The lowest BCUT2D eigenvalue weighted by Gasteiger charge is -2.30. The molecule has 1 amide bonds. The fourth-order valence-corrected chi connectivity index (χ4v) is 5.97. The standard InChI is InChI=1S/C26H31N5O3S.C2HF3O2/c1-18-13-19(2)24(20(3)14-18)35(33,34)30-22-15-23(25(28-17-22)31-11-9-27-10-12-31)26(32)29-16-21-7-5-4-6-8-21;3-2(4,5)1(6)7/h4-8,13-15,17,27,30H,9-12,16H2,1-3H3,(H,29,32);(H,6,7). The van der Waals surface area contributed by atoms with Crippen LogP contribution in [0.2, 0.25) is 0 Å². The Bertz CT molecular complexity index is 1500. The van der Waals surface area contributed by atoms with Crippen molar-refractivity contribution in [3.8, 4) is 0 Å². The van der Waals surface area contributed by atoms with Gasteiger partial charge in [0, 0.05) is 32.7 Å². The van der Waals surface area contributed by atoms with E-state index in [-0.39, 0.29) is 16.5 Å². The van der Waals surface area contributed by atoms with Crippen LogP contribution in [0.5, 0.6) is 0 Å². The number of nitrogens with zero attached hydrogens (tertiary/aromatic N) is 2. The number of halogens is 3. The number of pyridine rings is 1. The van der Waals surface area contributed by atoms with Crippen LogP contribution in [-0.2, 0) is 21.4 Å². The molecule has 1 fully saturated rings. The maximum absolute atomic E-state index is 13.3. The molecule has 4 rings (SSSR count). The lowest BCUT2D eigenvalue weighted by molar-refractivity contribution is -0.192. The molecule has 0 aliphatic carbocycles. The van der Waals surface area contributed by atoms with Crippen molar-refractivity contribution < 1.29 is 36.3 Å². The van der Waals surface area contributed by atoms with Gasteiger partial charge in [-0.25, -0.2) is 18.2 Å². The highest BCUT2D eigenvalue weighted by Crippen LogP contribution is 2.27. The molecule has 0 saturated carbocycles. The zero-order valence-electron chi connectivity index (χ0n) is 23.2. The number of benzene rings is 2. The van der Waals surface area contributed by atoms with Gasteiger partial charge in [-0.1, -0.05) is 48.0 Å². The molecule has 226 valence electrons. The van der Waals surface area contributed by atoms with E-state index in [9.17, 15) is 26.4 Å². The quantitative estimate of drug-likeness (QED) is 0.318. The first-order valence-electron chi connectivity index (χ1n) is 12.9. The number of carboxylic acids is 1. The number of aryl methyl sites for hydroxylation is 3. The first-order chi connectivity index (χ1) is 19.7. The molecule has 0 spiro atoms. The third-order valence-corrected chi connectivity index (χ3v) is 7.88. The second kappa shape index (κ2) is 13.7. The van der Waals surface area contributed by atoms with E-state index in [1.54, 1.807) is 19.9 Å². The van der Waals surface area contributed by atoms with Gasteiger partial charge in [0.1, 0.15) is 5.82 Å². The third-order valence-electron chi connectivity index (χ3n) is 6.19. The SMILES string of the molecule is Cc1cc(C)c(S(=O)(=O)Nc2cnc(N3CCNCC3)c(C(=O)NCc3ccccc3)c2)c(C)c1.O=C(O)C(F)(F)F. The van der Waals surface area contributed by atoms with Crippen LogP contribution in [-0.4, -0.2) is 62.7 Å². The summed E-state index contributed by atoms with van der Waals surface area (Å²) in [5.41, 5.74) is 3.88. The topological polar surface area (TPSA) is 141 Å². The van der Waals surface area contributed by atoms with E-state index in [0.29, 0.717) is 42.1 Å². The van der Waals surface area contributed by atoms with Crippen LogP contribution >= 0.6 is 0 Å². The molecule has 1 aliphatic rings. The largest absolute Gasteiger partial charge is 0.490 e. The minimum absolute atomic E-state index is 0.240. The summed E-state index contributed by atoms with van der Waals surface area (Å²) in [4.78, 5) is 28.9. The minimum Gasteiger partial charge on any atom is -0.475 e. The van der Waals surface area contributed by atoms with Gasteiger partial charge in [0.05, 0.1) is 22.3 Å². The number of aliphatic carboxylic acids is 1. The van der Waals surface area contributed by atoms with Crippen LogP contribution in [0.4, 0.5) is 24.7 Å². The van der Waals surface area contributed by atoms with E-state index in [0.717, 1.165) is 24.2 Å². The lowest BCUT2D eigenvalue weighted by atomic mass is 10.1. The summed E-state index contributed by atoms with van der Waals surface area (Å²) in [7, 11) is -3.87. The number of hydrogen-bond donors (Lipinski definition) is 4. The Hall–Kier alpha value is -4.17. The normalized spacial score (nSPS) is 13.5. The van der Waals surface area contributed by atoms with Crippen molar-refractivity contribution in [3.05, 3.63) is 82.5 Å². The number of alkyl halides is 3. The Kier molecular flexibility index (Phi) is 10.5. The van der Waals surface area contributed by atoms with Gasteiger partial charge in [0.25, 0.3) is 15.9 Å². The molecule has 0 unspecified atom stereocenters. The van der Waals surface area contributed by atoms with Crippen molar-refractivity contribution in [2.75, 3.05) is 35.8 Å². The first kappa shape index (κ1) is 32.3. The lowest BCUT2D eigenvalue weighted by Crippen LogP contribution is -2.44. The summed E-state index contributed by atoms with van der Waals surface area (Å²) in [5, 5.41) is 13.4. The first-order valence-corrected chi connectivity index (χ1v) is 14.4. The molecule has 0 atom stereocenters. The molecule has 10 nitrogen and oxygen atoms in total. The van der Waals surface area contributed by atoms with Crippen LogP contribution in [0.25, 0.3) is 0 Å². The number of carbonyl (C=O) groups excluding carboxylic acids is 1. The number of amides is 1. The predicted molar refractivity (Wildman–Crippen MR) is 152 cm³/mol. The van der Waals surface area contributed by atoms with Crippen LogP contribution < -0.4 is 20.3 Å². The van der Waals surface area contributed by atoms with Gasteiger partial charge < -0.3 is 20.6 Å². The molecule has 0 bridgehead atoms. The number of hydrogen-bond acceptors (Lipinski definition) is 7. The van der Waals surface area contributed by atoms with Gasteiger partial charge in [0.2, 0.25) is 0 Å². The molecule has 3 aromatic rings. The number of piperazine rings is 1. The second-order valence-corrected chi connectivity index (χ2v) is 11.3. The van der Waals surface area contributed by atoms with Gasteiger partial charge >= 0.3 is 12.1 Å². The molecule has 42 heavy (non-hydrogen) atoms. The summed E-state index contributed by atoms with van der Waals surface area (Å²) in [6.45, 7) is 8.84. The molecule has 4 N–H and O–H groups in total. The van der Waals surface area contributed by atoms with E-state index in [1.165, 1.54) is 6.20 Å². The number of carbonyl (C=O) groups is 2.